The molecule has 0 aliphatic rings. The Morgan fingerprint density at radius 3 is 1.44 bits per heavy atom. The Morgan fingerprint density at radius 1 is 0.538 bits per heavy atom. The smallest absolute Gasteiger partial charge is 0.311 e. The van der Waals surface area contributed by atoms with Crippen LogP contribution in [0.15, 0.2) is 42.5 Å². The average Bonchev–Trinajstić information content (AvgIpc) is 2.93. The molecule has 3 aromatic rings. The Kier molecular flexibility index (Phi) is 13.3. The van der Waals surface area contributed by atoms with Gasteiger partial charge in [-0.15, -0.1) is 0 Å². The quantitative estimate of drug-likeness (QED) is 0.0707. The van der Waals surface area contributed by atoms with Crippen LogP contribution in [-0.4, -0.2) is 11.9 Å². The third-order valence-electron chi connectivity index (χ3n) is 7.48. The zero-order valence-electron chi connectivity index (χ0n) is 24.5. The van der Waals surface area contributed by atoms with Crippen LogP contribution in [0.1, 0.15) is 122 Å². The molecule has 0 atom stereocenters. The summed E-state index contributed by atoms with van der Waals surface area (Å²) in [5, 5.41) is 3.19. The van der Waals surface area contributed by atoms with Crippen LogP contribution < -0.4 is 9.47 Å². The van der Waals surface area contributed by atoms with E-state index < -0.39 is 0 Å². The maximum Gasteiger partial charge on any atom is 0.311 e. The molecule has 0 N–H and O–H groups in total. The lowest BCUT2D eigenvalue weighted by Gasteiger charge is -2.17. The van der Waals surface area contributed by atoms with Crippen molar-refractivity contribution in [1.82, 2.24) is 0 Å². The van der Waals surface area contributed by atoms with Gasteiger partial charge < -0.3 is 9.47 Å². The van der Waals surface area contributed by atoms with Crippen LogP contribution in [0, 0.1) is 6.92 Å². The number of carbonyl (C=O) groups excluding carboxylic acids is 2. The van der Waals surface area contributed by atoms with Gasteiger partial charge in [-0.1, -0.05) is 133 Å². The topological polar surface area (TPSA) is 52.6 Å². The fraction of sp³-hybridized carbons (Fsp3) is 0.543. The molecule has 0 amide bonds. The van der Waals surface area contributed by atoms with Gasteiger partial charge in [-0.3, -0.25) is 9.59 Å². The number of esters is 2. The molecule has 0 aliphatic heterocycles. The van der Waals surface area contributed by atoms with Crippen molar-refractivity contribution < 1.29 is 19.1 Å². The zero-order valence-corrected chi connectivity index (χ0v) is 24.5. The molecule has 3 rings (SSSR count). The third-order valence-corrected chi connectivity index (χ3v) is 7.48. The minimum Gasteiger partial charge on any atom is -0.425 e. The Balaban J connectivity index is 1.73. The van der Waals surface area contributed by atoms with Gasteiger partial charge in [-0.2, -0.15) is 0 Å². The fourth-order valence-electron chi connectivity index (χ4n) is 5.22. The highest BCUT2D eigenvalue weighted by Crippen LogP contribution is 2.43. The Labute approximate surface area is 235 Å². The molecule has 0 spiro atoms. The summed E-state index contributed by atoms with van der Waals surface area (Å²) in [5.74, 6) is 0.698. The van der Waals surface area contributed by atoms with Crippen molar-refractivity contribution in [2.75, 3.05) is 0 Å². The molecular formula is C35H48O4. The van der Waals surface area contributed by atoms with Crippen molar-refractivity contribution in [2.45, 2.75) is 124 Å². The Morgan fingerprint density at radius 2 is 0.949 bits per heavy atom. The number of carbonyl (C=O) groups is 2. The molecule has 3 aromatic carbocycles. The molecule has 0 fully saturated rings. The second kappa shape index (κ2) is 16.9. The predicted octanol–water partition coefficient (Wildman–Crippen LogP) is 10.4. The normalized spacial score (nSPS) is 11.3. The minimum absolute atomic E-state index is 0.208. The van der Waals surface area contributed by atoms with Crippen molar-refractivity contribution >= 4 is 33.5 Å². The van der Waals surface area contributed by atoms with Gasteiger partial charge in [-0.25, -0.2) is 0 Å². The van der Waals surface area contributed by atoms with Gasteiger partial charge in [-0.05, 0) is 25.8 Å². The second-order valence-electron chi connectivity index (χ2n) is 10.9. The summed E-state index contributed by atoms with van der Waals surface area (Å²) >= 11 is 0. The highest BCUT2D eigenvalue weighted by atomic mass is 16.5. The average molecular weight is 533 g/mol. The summed E-state index contributed by atoms with van der Waals surface area (Å²) in [6, 6.07) is 13.8. The summed E-state index contributed by atoms with van der Waals surface area (Å²) in [4.78, 5) is 25.8. The monoisotopic (exact) mass is 532 g/mol. The molecule has 0 unspecified atom stereocenters. The maximum absolute atomic E-state index is 12.9. The number of benzene rings is 3. The molecule has 0 saturated heterocycles. The Bertz CT molecular complexity index is 1200. The van der Waals surface area contributed by atoms with Crippen LogP contribution in [0.2, 0.25) is 0 Å². The molecule has 0 aromatic heterocycles. The van der Waals surface area contributed by atoms with Crippen molar-refractivity contribution in [2.24, 2.45) is 0 Å². The van der Waals surface area contributed by atoms with Gasteiger partial charge in [0.1, 0.15) is 11.5 Å². The lowest BCUT2D eigenvalue weighted by atomic mass is 9.99. The van der Waals surface area contributed by atoms with Gasteiger partial charge in [0.2, 0.25) is 0 Å². The van der Waals surface area contributed by atoms with E-state index in [1.165, 1.54) is 51.4 Å². The fourth-order valence-corrected chi connectivity index (χ4v) is 5.22. The molecule has 212 valence electrons. The van der Waals surface area contributed by atoms with Crippen LogP contribution >= 0.6 is 0 Å². The van der Waals surface area contributed by atoms with Crippen LogP contribution in [0.25, 0.3) is 21.5 Å². The molecule has 4 heteroatoms. The van der Waals surface area contributed by atoms with E-state index in [9.17, 15) is 9.59 Å². The summed E-state index contributed by atoms with van der Waals surface area (Å²) in [6.07, 6.45) is 17.0. The summed E-state index contributed by atoms with van der Waals surface area (Å²) in [7, 11) is 0. The molecule has 0 aliphatic carbocycles. The third kappa shape index (κ3) is 9.67. The zero-order chi connectivity index (χ0) is 27.9. The first-order valence-corrected chi connectivity index (χ1v) is 15.4. The Hall–Kier alpha value is -2.88. The first-order valence-electron chi connectivity index (χ1n) is 15.4. The number of hydrogen-bond donors (Lipinski definition) is 0. The van der Waals surface area contributed by atoms with E-state index in [0.717, 1.165) is 65.6 Å². The van der Waals surface area contributed by atoms with Crippen LogP contribution in [0.3, 0.4) is 0 Å². The summed E-state index contributed by atoms with van der Waals surface area (Å²) in [5.41, 5.74) is 1.06. The van der Waals surface area contributed by atoms with Gasteiger partial charge in [0, 0.05) is 34.4 Å². The van der Waals surface area contributed by atoms with E-state index in [-0.39, 0.29) is 11.9 Å². The number of hydrogen-bond acceptors (Lipinski definition) is 4. The van der Waals surface area contributed by atoms with Gasteiger partial charge in [0.05, 0.1) is 0 Å². The highest BCUT2D eigenvalue weighted by Gasteiger charge is 2.20. The first-order chi connectivity index (χ1) is 19.0. The van der Waals surface area contributed by atoms with E-state index >= 15 is 0 Å². The number of aryl methyl sites for hydroxylation is 1. The number of ether oxygens (including phenoxy) is 2. The van der Waals surface area contributed by atoms with Crippen molar-refractivity contribution in [1.29, 1.82) is 0 Å². The standard InChI is InChI=1S/C35H48O4/c1-4-6-8-10-12-14-16-22-32(36)38-34-28-20-18-19-21-29(28)35(31-26-27(3)24-25-30(31)34)39-33(37)23-17-15-13-11-9-7-5-2/h18-21,24-26H,4-17,22-23H2,1-3H3. The molecule has 0 heterocycles. The van der Waals surface area contributed by atoms with Gasteiger partial charge >= 0.3 is 11.9 Å². The first kappa shape index (κ1) is 30.7. The van der Waals surface area contributed by atoms with E-state index in [4.69, 9.17) is 9.47 Å². The molecular weight excluding hydrogens is 484 g/mol. The predicted molar refractivity (Wildman–Crippen MR) is 163 cm³/mol. The summed E-state index contributed by atoms with van der Waals surface area (Å²) in [6.45, 7) is 6.46. The molecule has 39 heavy (non-hydrogen) atoms. The minimum atomic E-state index is -0.209. The SMILES string of the molecule is CCCCCCCCCC(=O)Oc1c2ccccc2c(OC(=O)CCCCCCCCC)c2cc(C)ccc12. The number of rotatable bonds is 18. The largest absolute Gasteiger partial charge is 0.425 e. The van der Waals surface area contributed by atoms with Crippen molar-refractivity contribution in [3.63, 3.8) is 0 Å². The number of fused-ring (bicyclic) bond motifs is 2. The van der Waals surface area contributed by atoms with E-state index in [1.54, 1.807) is 0 Å². The summed E-state index contributed by atoms with van der Waals surface area (Å²) < 4.78 is 12.1. The maximum atomic E-state index is 12.9. The lowest BCUT2D eigenvalue weighted by molar-refractivity contribution is -0.135. The highest BCUT2D eigenvalue weighted by molar-refractivity contribution is 6.12. The van der Waals surface area contributed by atoms with Crippen molar-refractivity contribution in [3.05, 3.63) is 48.0 Å². The van der Waals surface area contributed by atoms with E-state index in [1.807, 2.05) is 49.4 Å². The van der Waals surface area contributed by atoms with Crippen LogP contribution in [0.5, 0.6) is 11.5 Å². The lowest BCUT2D eigenvalue weighted by Crippen LogP contribution is -2.11. The van der Waals surface area contributed by atoms with Crippen LogP contribution in [-0.2, 0) is 9.59 Å². The van der Waals surface area contributed by atoms with Crippen molar-refractivity contribution in [3.8, 4) is 11.5 Å². The van der Waals surface area contributed by atoms with E-state index in [2.05, 4.69) is 13.8 Å². The van der Waals surface area contributed by atoms with Gasteiger partial charge in [0.25, 0.3) is 0 Å². The molecule has 0 bridgehead atoms. The molecule has 4 nitrogen and oxygen atoms in total. The van der Waals surface area contributed by atoms with E-state index in [0.29, 0.717) is 24.3 Å². The molecule has 0 radical (unpaired) electrons. The van der Waals surface area contributed by atoms with Crippen LogP contribution in [0.4, 0.5) is 0 Å². The van der Waals surface area contributed by atoms with Gasteiger partial charge in [0.15, 0.2) is 0 Å². The molecule has 0 saturated carbocycles. The second-order valence-corrected chi connectivity index (χ2v) is 10.9. The number of unbranched alkanes of at least 4 members (excludes halogenated alkanes) is 12.